The van der Waals surface area contributed by atoms with Gasteiger partial charge in [-0.05, 0) is 36.6 Å². The van der Waals surface area contributed by atoms with Gasteiger partial charge in [-0.2, -0.15) is 0 Å². The Morgan fingerprint density at radius 3 is 2.48 bits per heavy atom. The maximum Gasteiger partial charge on any atom is 0.235 e. The summed E-state index contributed by atoms with van der Waals surface area (Å²) in [5.74, 6) is -0.622. The van der Waals surface area contributed by atoms with Crippen molar-refractivity contribution in [2.24, 2.45) is 0 Å². The summed E-state index contributed by atoms with van der Waals surface area (Å²) in [5, 5.41) is 2.86. The number of carbonyl (C=O) groups excluding carboxylic acids is 1. The summed E-state index contributed by atoms with van der Waals surface area (Å²) in [6.45, 7) is 1.07. The van der Waals surface area contributed by atoms with E-state index >= 15 is 0 Å². The van der Waals surface area contributed by atoms with Crippen molar-refractivity contribution in [1.82, 2.24) is 0 Å². The molecule has 3 nitrogen and oxygen atoms in total. The minimum Gasteiger partial charge on any atom is -0.381 e. The monoisotopic (exact) mass is 333 g/mol. The van der Waals surface area contributed by atoms with Gasteiger partial charge in [0.1, 0.15) is 5.82 Å². The molecular weight excluding hydrogens is 317 g/mol. The Morgan fingerprint density at radius 1 is 1.13 bits per heavy atom. The maximum atomic E-state index is 13.3. The lowest BCUT2D eigenvalue weighted by molar-refractivity contribution is -0.125. The summed E-state index contributed by atoms with van der Waals surface area (Å²) in [6, 6.07) is 13.9. The number of anilines is 1. The van der Waals surface area contributed by atoms with Crippen LogP contribution >= 0.6 is 11.6 Å². The van der Waals surface area contributed by atoms with Gasteiger partial charge in [-0.15, -0.1) is 0 Å². The third-order valence-corrected chi connectivity index (χ3v) is 4.57. The van der Waals surface area contributed by atoms with E-state index in [1.165, 1.54) is 18.2 Å². The van der Waals surface area contributed by atoms with Gasteiger partial charge < -0.3 is 10.1 Å². The van der Waals surface area contributed by atoms with E-state index in [4.69, 9.17) is 16.3 Å². The van der Waals surface area contributed by atoms with E-state index < -0.39 is 11.2 Å². The number of ether oxygens (including phenoxy) is 1. The number of hydrogen-bond acceptors (Lipinski definition) is 2. The van der Waals surface area contributed by atoms with Crippen LogP contribution in [0, 0.1) is 5.82 Å². The number of rotatable bonds is 3. The molecular formula is C18H17ClFNO2. The summed E-state index contributed by atoms with van der Waals surface area (Å²) in [4.78, 5) is 13.0. The van der Waals surface area contributed by atoms with Crippen molar-refractivity contribution >= 4 is 23.2 Å². The molecule has 1 saturated heterocycles. The zero-order valence-electron chi connectivity index (χ0n) is 12.5. The first-order valence-corrected chi connectivity index (χ1v) is 7.89. The Morgan fingerprint density at radius 2 is 1.83 bits per heavy atom. The van der Waals surface area contributed by atoms with Crippen molar-refractivity contribution in [3.63, 3.8) is 0 Å². The topological polar surface area (TPSA) is 38.3 Å². The van der Waals surface area contributed by atoms with Crippen molar-refractivity contribution in [2.75, 3.05) is 18.5 Å². The smallest absolute Gasteiger partial charge is 0.235 e. The SMILES string of the molecule is O=C(Nc1ccc(F)c(Cl)c1)C1(c2ccccc2)CCOCC1. The van der Waals surface area contributed by atoms with E-state index in [-0.39, 0.29) is 10.9 Å². The second kappa shape index (κ2) is 6.69. The first-order valence-electron chi connectivity index (χ1n) is 7.52. The Bertz CT molecular complexity index is 699. The molecule has 2 aromatic rings. The summed E-state index contributed by atoms with van der Waals surface area (Å²) in [7, 11) is 0. The quantitative estimate of drug-likeness (QED) is 0.915. The molecule has 0 aliphatic carbocycles. The minimum absolute atomic E-state index is 0.0106. The van der Waals surface area contributed by atoms with Crippen LogP contribution in [0.25, 0.3) is 0 Å². The van der Waals surface area contributed by atoms with E-state index in [0.717, 1.165) is 5.56 Å². The van der Waals surface area contributed by atoms with Crippen molar-refractivity contribution < 1.29 is 13.9 Å². The summed E-state index contributed by atoms with van der Waals surface area (Å²) >= 11 is 5.79. The van der Waals surface area contributed by atoms with Crippen LogP contribution in [0.2, 0.25) is 5.02 Å². The number of benzene rings is 2. The number of halogens is 2. The van der Waals surface area contributed by atoms with Gasteiger partial charge in [0.15, 0.2) is 0 Å². The van der Waals surface area contributed by atoms with Gasteiger partial charge >= 0.3 is 0 Å². The predicted octanol–water partition coefficient (Wildman–Crippen LogP) is 4.17. The molecule has 0 saturated carbocycles. The predicted molar refractivity (Wildman–Crippen MR) is 88.2 cm³/mol. The molecule has 0 atom stereocenters. The highest BCUT2D eigenvalue weighted by atomic mass is 35.5. The fourth-order valence-corrected chi connectivity index (χ4v) is 3.13. The van der Waals surface area contributed by atoms with Crippen molar-refractivity contribution in [3.8, 4) is 0 Å². The molecule has 1 fully saturated rings. The van der Waals surface area contributed by atoms with Crippen LogP contribution in [0.1, 0.15) is 18.4 Å². The Kier molecular flexibility index (Phi) is 4.64. The zero-order valence-corrected chi connectivity index (χ0v) is 13.3. The molecule has 1 amide bonds. The van der Waals surface area contributed by atoms with Crippen LogP contribution in [-0.4, -0.2) is 19.1 Å². The molecule has 0 bridgehead atoms. The number of amides is 1. The first-order chi connectivity index (χ1) is 11.1. The number of nitrogens with one attached hydrogen (secondary N) is 1. The normalized spacial score (nSPS) is 16.8. The summed E-state index contributed by atoms with van der Waals surface area (Å²) in [6.07, 6.45) is 1.22. The molecule has 5 heteroatoms. The van der Waals surface area contributed by atoms with Gasteiger partial charge in [-0.25, -0.2) is 4.39 Å². The number of hydrogen-bond donors (Lipinski definition) is 1. The fraction of sp³-hybridized carbons (Fsp3) is 0.278. The minimum atomic E-state index is -0.639. The average molecular weight is 334 g/mol. The van der Waals surface area contributed by atoms with Crippen molar-refractivity contribution in [2.45, 2.75) is 18.3 Å². The molecule has 1 aliphatic rings. The van der Waals surface area contributed by atoms with Crippen molar-refractivity contribution in [3.05, 3.63) is 64.9 Å². The lowest BCUT2D eigenvalue weighted by Crippen LogP contribution is -2.44. The molecule has 23 heavy (non-hydrogen) atoms. The Balaban J connectivity index is 1.90. The van der Waals surface area contributed by atoms with Crippen molar-refractivity contribution in [1.29, 1.82) is 0 Å². The van der Waals surface area contributed by atoms with E-state index in [0.29, 0.717) is 31.7 Å². The lowest BCUT2D eigenvalue weighted by atomic mass is 9.73. The second-order valence-corrected chi connectivity index (χ2v) is 6.05. The Hall–Kier alpha value is -1.91. The standard InChI is InChI=1S/C18H17ClFNO2/c19-15-12-14(6-7-16(15)20)21-17(22)18(8-10-23-11-9-18)13-4-2-1-3-5-13/h1-7,12H,8-11H2,(H,21,22). The van der Waals surface area contributed by atoms with Crippen LogP contribution in [0.5, 0.6) is 0 Å². The van der Waals surface area contributed by atoms with Gasteiger partial charge in [0, 0.05) is 18.9 Å². The first kappa shape index (κ1) is 16.0. The highest BCUT2D eigenvalue weighted by molar-refractivity contribution is 6.31. The Labute approximate surface area is 139 Å². The highest BCUT2D eigenvalue weighted by Crippen LogP contribution is 2.36. The molecule has 120 valence electrons. The van der Waals surface area contributed by atoms with Crippen LogP contribution in [0.15, 0.2) is 48.5 Å². The van der Waals surface area contributed by atoms with Crippen LogP contribution in [0.3, 0.4) is 0 Å². The van der Waals surface area contributed by atoms with E-state index in [2.05, 4.69) is 5.32 Å². The maximum absolute atomic E-state index is 13.3. The van der Waals surface area contributed by atoms with Gasteiger partial charge in [-0.3, -0.25) is 4.79 Å². The molecule has 1 heterocycles. The summed E-state index contributed by atoms with van der Waals surface area (Å²) in [5.41, 5.74) is 0.817. The number of carbonyl (C=O) groups is 1. The van der Waals surface area contributed by atoms with Crippen LogP contribution in [0.4, 0.5) is 10.1 Å². The van der Waals surface area contributed by atoms with Gasteiger partial charge in [-0.1, -0.05) is 41.9 Å². The van der Waals surface area contributed by atoms with E-state index in [1.807, 2.05) is 30.3 Å². The fourth-order valence-electron chi connectivity index (χ4n) is 2.95. The molecule has 0 unspecified atom stereocenters. The molecule has 1 aliphatic heterocycles. The average Bonchev–Trinajstić information content (AvgIpc) is 2.59. The van der Waals surface area contributed by atoms with Gasteiger partial charge in [0.05, 0.1) is 10.4 Å². The third-order valence-electron chi connectivity index (χ3n) is 4.28. The molecule has 0 radical (unpaired) electrons. The van der Waals surface area contributed by atoms with E-state index in [1.54, 1.807) is 0 Å². The summed E-state index contributed by atoms with van der Waals surface area (Å²) < 4.78 is 18.7. The zero-order chi connectivity index (χ0) is 16.3. The molecule has 0 spiro atoms. The highest BCUT2D eigenvalue weighted by Gasteiger charge is 2.41. The third kappa shape index (κ3) is 3.23. The lowest BCUT2D eigenvalue weighted by Gasteiger charge is -2.36. The largest absolute Gasteiger partial charge is 0.381 e. The molecule has 1 N–H and O–H groups in total. The van der Waals surface area contributed by atoms with E-state index in [9.17, 15) is 9.18 Å². The molecule has 0 aromatic heterocycles. The van der Waals surface area contributed by atoms with Gasteiger partial charge in [0.25, 0.3) is 0 Å². The second-order valence-electron chi connectivity index (χ2n) is 5.64. The van der Waals surface area contributed by atoms with Gasteiger partial charge in [0.2, 0.25) is 5.91 Å². The van der Waals surface area contributed by atoms with Crippen LogP contribution < -0.4 is 5.32 Å². The molecule has 3 rings (SSSR count). The molecule has 2 aromatic carbocycles. The van der Waals surface area contributed by atoms with Crippen LogP contribution in [-0.2, 0) is 14.9 Å².